The minimum atomic E-state index is -0.950. The van der Waals surface area contributed by atoms with Crippen LogP contribution in [0, 0.1) is 5.92 Å². The van der Waals surface area contributed by atoms with Gasteiger partial charge in [-0.3, -0.25) is 14.4 Å². The Kier molecular flexibility index (Phi) is 12.0. The van der Waals surface area contributed by atoms with Gasteiger partial charge in [0.15, 0.2) is 0 Å². The maximum Gasteiger partial charge on any atom is 0.251 e. The molecule has 6 aromatic rings. The number of fused-ring (bicyclic) bond motifs is 1. The molecule has 6 N–H and O–H groups in total. The molecule has 0 aliphatic carbocycles. The molecule has 1 aliphatic rings. The van der Waals surface area contributed by atoms with Crippen LogP contribution in [-0.2, 0) is 23.4 Å². The van der Waals surface area contributed by atoms with E-state index in [0.717, 1.165) is 35.2 Å². The number of nitrogens with zero attached hydrogens (tertiary/aromatic N) is 1. The van der Waals surface area contributed by atoms with Crippen LogP contribution in [0.2, 0.25) is 0 Å². The molecule has 10 heteroatoms. The van der Waals surface area contributed by atoms with Gasteiger partial charge in [-0.05, 0) is 71.0 Å². The van der Waals surface area contributed by atoms with E-state index in [9.17, 15) is 19.5 Å². The quantitative estimate of drug-likeness (QED) is 0.0884. The van der Waals surface area contributed by atoms with Crippen LogP contribution < -0.4 is 26.7 Å². The number of nitrogens with one attached hydrogen (secondary N) is 3. The summed E-state index contributed by atoms with van der Waals surface area (Å²) in [5.41, 5.74) is 10.6. The Morgan fingerprint density at radius 2 is 1.50 bits per heavy atom. The highest BCUT2D eigenvalue weighted by Crippen LogP contribution is 2.43. The topological polar surface area (TPSA) is 150 Å². The minimum absolute atomic E-state index is 0.0158. The van der Waals surface area contributed by atoms with E-state index in [0.29, 0.717) is 60.6 Å². The van der Waals surface area contributed by atoms with Gasteiger partial charge in [0.2, 0.25) is 11.5 Å². The number of carbonyl (C=O) groups excluding carboxylic acids is 2. The summed E-state index contributed by atoms with van der Waals surface area (Å²) in [6, 6.07) is 43.6. The maximum absolute atomic E-state index is 13.4. The zero-order valence-corrected chi connectivity index (χ0v) is 31.2. The number of aromatic nitrogens is 1. The Labute approximate surface area is 326 Å². The van der Waals surface area contributed by atoms with Gasteiger partial charge < -0.3 is 36.1 Å². The number of aromatic amines is 1. The largest absolute Gasteiger partial charge is 0.487 e. The molecule has 1 saturated heterocycles. The highest BCUT2D eigenvalue weighted by Gasteiger charge is 2.49. The third-order valence-corrected chi connectivity index (χ3v) is 10.8. The van der Waals surface area contributed by atoms with Gasteiger partial charge in [-0.15, -0.1) is 0 Å². The van der Waals surface area contributed by atoms with E-state index in [1.54, 1.807) is 24.3 Å². The monoisotopic (exact) mass is 749 g/mol. The fraction of sp³-hybridized carbons (Fsp3) is 0.239. The van der Waals surface area contributed by atoms with E-state index in [-0.39, 0.29) is 29.8 Å². The number of H-pyrrole nitrogens is 1. The van der Waals surface area contributed by atoms with Crippen molar-refractivity contribution in [3.05, 3.63) is 183 Å². The Morgan fingerprint density at radius 3 is 2.16 bits per heavy atom. The first-order valence-corrected chi connectivity index (χ1v) is 19.0. The van der Waals surface area contributed by atoms with E-state index in [4.69, 9.17) is 10.5 Å². The molecule has 0 radical (unpaired) electrons. The van der Waals surface area contributed by atoms with Gasteiger partial charge in [-0.2, -0.15) is 0 Å². The van der Waals surface area contributed by atoms with Gasteiger partial charge in [-0.25, -0.2) is 0 Å². The Morgan fingerprint density at radius 1 is 0.839 bits per heavy atom. The first-order chi connectivity index (χ1) is 27.3. The first-order valence-electron chi connectivity index (χ1n) is 19.0. The summed E-state index contributed by atoms with van der Waals surface area (Å²) in [7, 11) is 0. The number of amides is 2. The van der Waals surface area contributed by atoms with Crippen LogP contribution in [0.4, 0.5) is 0 Å². The number of benzene rings is 5. The van der Waals surface area contributed by atoms with E-state index < -0.39 is 11.5 Å². The molecule has 7 rings (SSSR count). The summed E-state index contributed by atoms with van der Waals surface area (Å²) in [4.78, 5) is 43.8. The van der Waals surface area contributed by atoms with Crippen molar-refractivity contribution in [1.29, 1.82) is 0 Å². The molecule has 286 valence electrons. The van der Waals surface area contributed by atoms with Crippen molar-refractivity contribution in [1.82, 2.24) is 20.5 Å². The number of ether oxygens (including phenoxy) is 1. The van der Waals surface area contributed by atoms with Gasteiger partial charge in [0.25, 0.3) is 5.91 Å². The number of rotatable bonds is 16. The standard InChI is InChI=1S/C46H47N5O5/c47-45(55)46(35-12-6-2-7-13-35,36-14-8-3-9-15-36)37-24-26-51(30-37)27-25-49-44(54)34-18-16-32(17-19-34)28-48-29-40(52)38-20-22-41(43-39(38)21-23-42(53)50-43)56-31-33-10-4-1-5-11-33/h1-23,37,40,48,52H,24-31H2,(H2,47,55)(H,49,54)(H,50,53). The van der Waals surface area contributed by atoms with Crippen LogP contribution >= 0.6 is 0 Å². The molecule has 0 bridgehead atoms. The second kappa shape index (κ2) is 17.6. The average molecular weight is 750 g/mol. The lowest BCUT2D eigenvalue weighted by molar-refractivity contribution is -0.123. The summed E-state index contributed by atoms with van der Waals surface area (Å²) < 4.78 is 6.04. The van der Waals surface area contributed by atoms with E-state index >= 15 is 0 Å². The second-order valence-corrected chi connectivity index (χ2v) is 14.3. The molecule has 5 aromatic carbocycles. The van der Waals surface area contributed by atoms with Crippen LogP contribution in [0.25, 0.3) is 10.9 Å². The van der Waals surface area contributed by atoms with Gasteiger partial charge >= 0.3 is 0 Å². The van der Waals surface area contributed by atoms with Crippen LogP contribution in [0.5, 0.6) is 5.75 Å². The van der Waals surface area contributed by atoms with Crippen LogP contribution in [0.3, 0.4) is 0 Å². The minimum Gasteiger partial charge on any atom is -0.487 e. The lowest BCUT2D eigenvalue weighted by Crippen LogP contribution is -2.49. The molecule has 1 aromatic heterocycles. The normalized spacial score (nSPS) is 15.1. The maximum atomic E-state index is 13.4. The number of aliphatic hydroxyl groups excluding tert-OH is 1. The molecule has 2 heterocycles. The lowest BCUT2D eigenvalue weighted by Gasteiger charge is -2.37. The molecule has 56 heavy (non-hydrogen) atoms. The zero-order chi connectivity index (χ0) is 38.9. The van der Waals surface area contributed by atoms with Crippen molar-refractivity contribution < 1.29 is 19.4 Å². The molecule has 1 fully saturated rings. The van der Waals surface area contributed by atoms with Gasteiger partial charge in [0, 0.05) is 49.7 Å². The molecular weight excluding hydrogens is 703 g/mol. The number of aliphatic hydroxyl groups is 1. The van der Waals surface area contributed by atoms with Crippen molar-refractivity contribution >= 4 is 22.7 Å². The molecule has 0 saturated carbocycles. The summed E-state index contributed by atoms with van der Waals surface area (Å²) in [6.07, 6.45) is -0.0347. The molecule has 10 nitrogen and oxygen atoms in total. The van der Waals surface area contributed by atoms with E-state index in [1.165, 1.54) is 6.07 Å². The van der Waals surface area contributed by atoms with Crippen LogP contribution in [0.15, 0.2) is 144 Å². The first kappa shape index (κ1) is 38.2. The van der Waals surface area contributed by atoms with Crippen molar-refractivity contribution in [3.8, 4) is 5.75 Å². The molecule has 2 atom stereocenters. The molecule has 0 spiro atoms. The number of pyridine rings is 1. The van der Waals surface area contributed by atoms with Crippen LogP contribution in [0.1, 0.15) is 50.7 Å². The van der Waals surface area contributed by atoms with Gasteiger partial charge in [0.1, 0.15) is 17.8 Å². The Bertz CT molecular complexity index is 2260. The number of carbonyl (C=O) groups is 2. The molecule has 2 amide bonds. The zero-order valence-electron chi connectivity index (χ0n) is 31.2. The predicted molar refractivity (Wildman–Crippen MR) is 218 cm³/mol. The van der Waals surface area contributed by atoms with Crippen molar-refractivity contribution in [2.45, 2.75) is 31.1 Å². The number of likely N-dealkylation sites (tertiary alicyclic amines) is 1. The summed E-state index contributed by atoms with van der Waals surface area (Å²) in [6.45, 7) is 3.71. The third-order valence-electron chi connectivity index (χ3n) is 10.8. The highest BCUT2D eigenvalue weighted by molar-refractivity contribution is 5.94. The summed E-state index contributed by atoms with van der Waals surface area (Å²) in [5.74, 6) is 0.00989. The summed E-state index contributed by atoms with van der Waals surface area (Å²) >= 11 is 0. The second-order valence-electron chi connectivity index (χ2n) is 14.3. The smallest absolute Gasteiger partial charge is 0.251 e. The Balaban J connectivity index is 0.900. The van der Waals surface area contributed by atoms with Crippen molar-refractivity contribution in [3.63, 3.8) is 0 Å². The fourth-order valence-electron chi connectivity index (χ4n) is 7.98. The molecular formula is C46H47N5O5. The van der Waals surface area contributed by atoms with Crippen LogP contribution in [-0.4, -0.2) is 59.5 Å². The number of hydrogen-bond acceptors (Lipinski definition) is 7. The van der Waals surface area contributed by atoms with Gasteiger partial charge in [-0.1, -0.05) is 109 Å². The fourth-order valence-corrected chi connectivity index (χ4v) is 7.98. The number of nitrogens with two attached hydrogens (primary N) is 1. The summed E-state index contributed by atoms with van der Waals surface area (Å²) in [5, 5.41) is 18.2. The number of hydrogen-bond donors (Lipinski definition) is 5. The number of primary amides is 1. The SMILES string of the molecule is NC(=O)C(c1ccccc1)(c1ccccc1)C1CCN(CCNC(=O)c2ccc(CNCC(O)c3ccc(OCc4ccccc4)c4[nH]c(=O)ccc34)cc2)C1. The lowest BCUT2D eigenvalue weighted by atomic mass is 9.64. The average Bonchev–Trinajstić information content (AvgIpc) is 3.70. The predicted octanol–water partition coefficient (Wildman–Crippen LogP) is 5.45. The molecule has 1 aliphatic heterocycles. The third kappa shape index (κ3) is 8.43. The highest BCUT2D eigenvalue weighted by atomic mass is 16.5. The van der Waals surface area contributed by atoms with Gasteiger partial charge in [0.05, 0.1) is 11.6 Å². The van der Waals surface area contributed by atoms with Crippen molar-refractivity contribution in [2.24, 2.45) is 11.7 Å². The van der Waals surface area contributed by atoms with Crippen molar-refractivity contribution in [2.75, 3.05) is 32.7 Å². The van der Waals surface area contributed by atoms with E-state index in [2.05, 4.69) is 20.5 Å². The molecule has 2 unspecified atom stereocenters. The Hall–Kier alpha value is -6.07. The van der Waals surface area contributed by atoms with E-state index in [1.807, 2.05) is 109 Å².